The van der Waals surface area contributed by atoms with Crippen LogP contribution in [-0.4, -0.2) is 10.9 Å². The maximum atomic E-state index is 13.1. The molecule has 132 valence electrons. The molecule has 0 unspecified atom stereocenters. The molecule has 0 spiro atoms. The van der Waals surface area contributed by atoms with Gasteiger partial charge in [-0.2, -0.15) is 0 Å². The van der Waals surface area contributed by atoms with E-state index < -0.39 is 5.54 Å². The minimum Gasteiger partial charge on any atom is -0.341 e. The Morgan fingerprint density at radius 3 is 2.38 bits per heavy atom. The Hall–Kier alpha value is -2.59. The molecule has 26 heavy (non-hydrogen) atoms. The Kier molecular flexibility index (Phi) is 5.43. The zero-order valence-electron chi connectivity index (χ0n) is 15.2. The summed E-state index contributed by atoms with van der Waals surface area (Å²) in [4.78, 5) is 19.6. The van der Waals surface area contributed by atoms with Crippen LogP contribution in [0.2, 0.25) is 0 Å². The van der Waals surface area contributed by atoms with Gasteiger partial charge in [-0.3, -0.25) is 9.78 Å². The number of pyridine rings is 1. The summed E-state index contributed by atoms with van der Waals surface area (Å²) < 4.78 is 0. The summed E-state index contributed by atoms with van der Waals surface area (Å²) in [6.45, 7) is 5.91. The number of hydrogen-bond acceptors (Lipinski definition) is 3. The molecule has 0 bridgehead atoms. The highest BCUT2D eigenvalue weighted by Gasteiger charge is 2.26. The molecule has 0 atom stereocenters. The highest BCUT2D eigenvalue weighted by atomic mass is 32.2. The highest BCUT2D eigenvalue weighted by molar-refractivity contribution is 7.99. The molecule has 0 aliphatic carbocycles. The number of carbonyl (C=O) groups excluding carboxylic acids is 1. The van der Waals surface area contributed by atoms with Crippen LogP contribution in [0, 0.1) is 6.92 Å². The molecule has 1 amide bonds. The van der Waals surface area contributed by atoms with E-state index in [-0.39, 0.29) is 5.91 Å². The van der Waals surface area contributed by atoms with Crippen LogP contribution in [0.15, 0.2) is 82.7 Å². The van der Waals surface area contributed by atoms with E-state index in [0.29, 0.717) is 5.56 Å². The molecule has 4 heteroatoms. The van der Waals surface area contributed by atoms with Crippen LogP contribution in [0.1, 0.15) is 35.5 Å². The molecule has 1 N–H and O–H groups in total. The van der Waals surface area contributed by atoms with Crippen molar-refractivity contribution in [2.45, 2.75) is 36.1 Å². The molecule has 0 aliphatic rings. The lowest BCUT2D eigenvalue weighted by molar-refractivity contribution is 0.0906. The maximum absolute atomic E-state index is 13.1. The first-order chi connectivity index (χ1) is 12.5. The first kappa shape index (κ1) is 18.2. The van der Waals surface area contributed by atoms with Crippen molar-refractivity contribution >= 4 is 17.7 Å². The van der Waals surface area contributed by atoms with Crippen LogP contribution in [-0.2, 0) is 5.54 Å². The van der Waals surface area contributed by atoms with Gasteiger partial charge in [0.15, 0.2) is 0 Å². The number of aromatic nitrogens is 1. The summed E-state index contributed by atoms with van der Waals surface area (Å²) in [6.07, 6.45) is 1.74. The van der Waals surface area contributed by atoms with Crippen molar-refractivity contribution in [3.8, 4) is 0 Å². The van der Waals surface area contributed by atoms with Crippen molar-refractivity contribution in [3.05, 3.63) is 89.7 Å². The van der Waals surface area contributed by atoms with E-state index in [1.165, 1.54) is 0 Å². The maximum Gasteiger partial charge on any atom is 0.253 e. The van der Waals surface area contributed by atoms with E-state index in [1.807, 2.05) is 87.5 Å². The number of aryl methyl sites for hydroxylation is 1. The third kappa shape index (κ3) is 4.14. The van der Waals surface area contributed by atoms with Crippen LogP contribution in [0.5, 0.6) is 0 Å². The fraction of sp³-hybridized carbons (Fsp3) is 0.182. The van der Waals surface area contributed by atoms with Crippen LogP contribution in [0.3, 0.4) is 0 Å². The van der Waals surface area contributed by atoms with Crippen molar-refractivity contribution in [1.29, 1.82) is 0 Å². The Morgan fingerprint density at radius 1 is 0.962 bits per heavy atom. The summed E-state index contributed by atoms with van der Waals surface area (Å²) in [6, 6.07) is 21.8. The summed E-state index contributed by atoms with van der Waals surface area (Å²) in [5.74, 6) is -0.0859. The van der Waals surface area contributed by atoms with Crippen LogP contribution in [0.4, 0.5) is 0 Å². The van der Waals surface area contributed by atoms with Crippen molar-refractivity contribution in [2.24, 2.45) is 0 Å². The topological polar surface area (TPSA) is 42.0 Å². The molecule has 0 saturated carbocycles. The molecule has 2 aromatic carbocycles. The van der Waals surface area contributed by atoms with E-state index in [1.54, 1.807) is 18.0 Å². The number of nitrogens with one attached hydrogen (secondary N) is 1. The number of carbonyl (C=O) groups is 1. The van der Waals surface area contributed by atoms with Gasteiger partial charge in [0.2, 0.25) is 0 Å². The van der Waals surface area contributed by atoms with Gasteiger partial charge in [0.05, 0.1) is 16.8 Å². The first-order valence-corrected chi connectivity index (χ1v) is 9.35. The molecule has 1 heterocycles. The summed E-state index contributed by atoms with van der Waals surface area (Å²) in [5, 5.41) is 3.14. The number of benzene rings is 2. The third-order valence-corrected chi connectivity index (χ3v) is 5.23. The van der Waals surface area contributed by atoms with Gasteiger partial charge in [0, 0.05) is 16.0 Å². The summed E-state index contributed by atoms with van der Waals surface area (Å²) in [5.41, 5.74) is 1.94. The minimum atomic E-state index is -0.560. The zero-order valence-corrected chi connectivity index (χ0v) is 16.0. The molecule has 3 nitrogen and oxygen atoms in total. The monoisotopic (exact) mass is 362 g/mol. The second-order valence-corrected chi connectivity index (χ2v) is 7.77. The summed E-state index contributed by atoms with van der Waals surface area (Å²) in [7, 11) is 0. The number of rotatable bonds is 5. The molecular formula is C22H22N2OS. The Balaban J connectivity index is 1.90. The molecule has 0 aliphatic heterocycles. The normalized spacial score (nSPS) is 11.2. The van der Waals surface area contributed by atoms with Gasteiger partial charge in [-0.25, -0.2) is 0 Å². The van der Waals surface area contributed by atoms with Crippen molar-refractivity contribution in [3.63, 3.8) is 0 Å². The van der Waals surface area contributed by atoms with E-state index in [2.05, 4.69) is 10.3 Å². The number of hydrogen-bond donors (Lipinski definition) is 1. The fourth-order valence-corrected chi connectivity index (χ4v) is 3.82. The van der Waals surface area contributed by atoms with E-state index in [0.717, 1.165) is 21.0 Å². The van der Waals surface area contributed by atoms with Crippen molar-refractivity contribution in [1.82, 2.24) is 10.3 Å². The first-order valence-electron chi connectivity index (χ1n) is 8.54. The molecule has 0 fully saturated rings. The SMILES string of the molecule is Cc1cccc(Sc2ccccc2)c1C(=O)NC(C)(C)c1ccccn1. The number of amides is 1. The fourth-order valence-electron chi connectivity index (χ4n) is 2.78. The molecule has 1 aromatic heterocycles. The lowest BCUT2D eigenvalue weighted by Gasteiger charge is -2.26. The van der Waals surface area contributed by atoms with E-state index in [9.17, 15) is 4.79 Å². The zero-order chi connectivity index (χ0) is 18.6. The van der Waals surface area contributed by atoms with Crippen molar-refractivity contribution < 1.29 is 4.79 Å². The van der Waals surface area contributed by atoms with Gasteiger partial charge in [0.1, 0.15) is 0 Å². The predicted octanol–water partition coefficient (Wildman–Crippen LogP) is 5.21. The Bertz CT molecular complexity index is 893. The predicted molar refractivity (Wildman–Crippen MR) is 106 cm³/mol. The van der Waals surface area contributed by atoms with Gasteiger partial charge in [-0.05, 0) is 56.7 Å². The summed E-state index contributed by atoms with van der Waals surface area (Å²) >= 11 is 1.60. The molecule has 3 rings (SSSR count). The average molecular weight is 362 g/mol. The quantitative estimate of drug-likeness (QED) is 0.678. The van der Waals surface area contributed by atoms with Gasteiger partial charge < -0.3 is 5.32 Å². The van der Waals surface area contributed by atoms with Crippen LogP contribution in [0.25, 0.3) is 0 Å². The Labute approximate surface area is 158 Å². The van der Waals surface area contributed by atoms with E-state index >= 15 is 0 Å². The highest BCUT2D eigenvalue weighted by Crippen LogP contribution is 2.32. The standard InChI is InChI=1S/C22H22N2OS/c1-16-10-9-13-18(26-17-11-5-4-6-12-17)20(16)21(25)24-22(2,3)19-14-7-8-15-23-19/h4-15H,1-3H3,(H,24,25). The molecule has 3 aromatic rings. The van der Waals surface area contributed by atoms with E-state index in [4.69, 9.17) is 0 Å². The second-order valence-electron chi connectivity index (χ2n) is 6.66. The third-order valence-electron chi connectivity index (χ3n) is 4.16. The number of nitrogens with zero attached hydrogens (tertiary/aromatic N) is 1. The van der Waals surface area contributed by atoms with Crippen LogP contribution < -0.4 is 5.32 Å². The smallest absolute Gasteiger partial charge is 0.253 e. The molecule has 0 radical (unpaired) electrons. The average Bonchev–Trinajstić information content (AvgIpc) is 2.63. The Morgan fingerprint density at radius 2 is 1.69 bits per heavy atom. The van der Waals surface area contributed by atoms with Crippen molar-refractivity contribution in [2.75, 3.05) is 0 Å². The second kappa shape index (κ2) is 7.75. The van der Waals surface area contributed by atoms with Gasteiger partial charge in [0.25, 0.3) is 5.91 Å². The van der Waals surface area contributed by atoms with Gasteiger partial charge in [-0.1, -0.05) is 48.2 Å². The van der Waals surface area contributed by atoms with Gasteiger partial charge >= 0.3 is 0 Å². The van der Waals surface area contributed by atoms with Crippen LogP contribution >= 0.6 is 11.8 Å². The van der Waals surface area contributed by atoms with Gasteiger partial charge in [-0.15, -0.1) is 0 Å². The lowest BCUT2D eigenvalue weighted by Crippen LogP contribution is -2.42. The molecular weight excluding hydrogens is 340 g/mol. The lowest BCUT2D eigenvalue weighted by atomic mass is 9.98. The largest absolute Gasteiger partial charge is 0.341 e. The molecule has 0 saturated heterocycles. The minimum absolute atomic E-state index is 0.0859.